The Kier molecular flexibility index (Phi) is 6.05. The van der Waals surface area contributed by atoms with Crippen molar-refractivity contribution >= 4 is 22.0 Å². The minimum absolute atomic E-state index is 0.244. The molecule has 1 amide bonds. The fourth-order valence-corrected chi connectivity index (χ4v) is 2.11. The Hall–Kier alpha value is -2.25. The molecule has 0 saturated heterocycles. The number of benzene rings is 2. The monoisotopic (exact) mass is 357 g/mol. The molecule has 0 saturated carbocycles. The number of halogens is 1. The number of carbonyl (C=O) groups is 1. The van der Waals surface area contributed by atoms with Gasteiger partial charge in [-0.15, -0.1) is 0 Å². The van der Waals surface area contributed by atoms with E-state index in [1.165, 1.54) is 0 Å². The first-order chi connectivity index (χ1) is 10.6. The number of alkyl carbamates (subject to hydrolysis) is 1. The van der Waals surface area contributed by atoms with E-state index in [1.54, 1.807) is 0 Å². The molecule has 0 heterocycles. The van der Waals surface area contributed by atoms with Crippen molar-refractivity contribution in [1.29, 1.82) is 0 Å². The summed E-state index contributed by atoms with van der Waals surface area (Å²) in [6.45, 7) is 2.51. The van der Waals surface area contributed by atoms with E-state index in [0.717, 1.165) is 21.2 Å². The zero-order chi connectivity index (χ0) is 15.8. The van der Waals surface area contributed by atoms with Gasteiger partial charge >= 0.3 is 6.09 Å². The summed E-state index contributed by atoms with van der Waals surface area (Å²) in [7, 11) is 0. The van der Waals surface area contributed by atoms with Crippen molar-refractivity contribution in [3.05, 3.63) is 69.7 Å². The molecule has 0 unspecified atom stereocenters. The van der Waals surface area contributed by atoms with Crippen molar-refractivity contribution < 1.29 is 9.53 Å². The smallest absolute Gasteiger partial charge is 0.408 e. The van der Waals surface area contributed by atoms with Gasteiger partial charge in [0.2, 0.25) is 0 Å². The molecule has 4 heteroatoms. The molecule has 2 aromatic carbocycles. The number of hydrogen-bond acceptors (Lipinski definition) is 2. The molecule has 0 fully saturated rings. The third kappa shape index (κ3) is 5.27. The molecule has 0 atom stereocenters. The minimum Gasteiger partial charge on any atom is -0.445 e. The maximum atomic E-state index is 11.5. The van der Waals surface area contributed by atoms with E-state index in [4.69, 9.17) is 4.74 Å². The van der Waals surface area contributed by atoms with Crippen LogP contribution in [0.1, 0.15) is 16.7 Å². The first-order valence-electron chi connectivity index (χ1n) is 6.85. The van der Waals surface area contributed by atoms with Crippen LogP contribution < -0.4 is 5.32 Å². The number of amides is 1. The van der Waals surface area contributed by atoms with Gasteiger partial charge in [0, 0.05) is 10.0 Å². The van der Waals surface area contributed by atoms with E-state index in [1.807, 2.05) is 55.5 Å². The Morgan fingerprint density at radius 3 is 2.77 bits per heavy atom. The average molecular weight is 358 g/mol. The lowest BCUT2D eigenvalue weighted by Crippen LogP contribution is -2.24. The molecule has 1 N–H and O–H groups in total. The number of rotatable bonds is 3. The van der Waals surface area contributed by atoms with Crippen LogP contribution in [0, 0.1) is 18.8 Å². The van der Waals surface area contributed by atoms with E-state index in [-0.39, 0.29) is 13.2 Å². The Morgan fingerprint density at radius 2 is 2.00 bits per heavy atom. The van der Waals surface area contributed by atoms with Crippen molar-refractivity contribution in [3.63, 3.8) is 0 Å². The van der Waals surface area contributed by atoms with E-state index >= 15 is 0 Å². The summed E-state index contributed by atoms with van der Waals surface area (Å²) < 4.78 is 6.04. The van der Waals surface area contributed by atoms with Gasteiger partial charge in [-0.1, -0.05) is 48.2 Å². The van der Waals surface area contributed by atoms with Crippen LogP contribution in [0.15, 0.2) is 53.0 Å². The first-order valence-corrected chi connectivity index (χ1v) is 7.64. The van der Waals surface area contributed by atoms with Crippen molar-refractivity contribution in [2.75, 3.05) is 6.54 Å². The van der Waals surface area contributed by atoms with Crippen LogP contribution in [-0.2, 0) is 11.3 Å². The predicted molar refractivity (Wildman–Crippen MR) is 90.4 cm³/mol. The highest BCUT2D eigenvalue weighted by molar-refractivity contribution is 9.10. The second-order valence-electron chi connectivity index (χ2n) is 4.70. The highest BCUT2D eigenvalue weighted by Gasteiger charge is 2.00. The van der Waals surface area contributed by atoms with Crippen molar-refractivity contribution in [2.24, 2.45) is 0 Å². The summed E-state index contributed by atoms with van der Waals surface area (Å²) in [5, 5.41) is 2.61. The van der Waals surface area contributed by atoms with Gasteiger partial charge in [-0.3, -0.25) is 0 Å². The van der Waals surface area contributed by atoms with Crippen LogP contribution in [0.2, 0.25) is 0 Å². The molecule has 0 aromatic heterocycles. The van der Waals surface area contributed by atoms with Crippen molar-refractivity contribution in [2.45, 2.75) is 13.5 Å². The van der Waals surface area contributed by atoms with Gasteiger partial charge < -0.3 is 10.1 Å². The average Bonchev–Trinajstić information content (AvgIpc) is 2.53. The summed E-state index contributed by atoms with van der Waals surface area (Å²) in [5.41, 5.74) is 3.00. The summed E-state index contributed by atoms with van der Waals surface area (Å²) >= 11 is 3.45. The van der Waals surface area contributed by atoms with Crippen LogP contribution in [-0.4, -0.2) is 12.6 Å². The summed E-state index contributed by atoms with van der Waals surface area (Å²) in [5.74, 6) is 5.92. The van der Waals surface area contributed by atoms with Crippen LogP contribution in [0.5, 0.6) is 0 Å². The van der Waals surface area contributed by atoms with Crippen LogP contribution in [0.25, 0.3) is 0 Å². The molecule has 0 aliphatic rings. The topological polar surface area (TPSA) is 38.3 Å². The number of hydrogen-bond donors (Lipinski definition) is 1. The first kappa shape index (κ1) is 16.1. The fourth-order valence-electron chi connectivity index (χ4n) is 1.76. The zero-order valence-electron chi connectivity index (χ0n) is 12.2. The molecule has 2 aromatic rings. The molecule has 22 heavy (non-hydrogen) atoms. The molecule has 3 nitrogen and oxygen atoms in total. The van der Waals surface area contributed by atoms with E-state index in [2.05, 4.69) is 33.1 Å². The Balaban J connectivity index is 1.78. The molecular formula is C18H16BrNO2. The lowest BCUT2D eigenvalue weighted by atomic mass is 10.1. The summed E-state index contributed by atoms with van der Waals surface area (Å²) in [6, 6.07) is 15.5. The third-order valence-corrected chi connectivity index (χ3v) is 3.57. The van der Waals surface area contributed by atoms with E-state index < -0.39 is 6.09 Å². The highest BCUT2D eigenvalue weighted by Crippen LogP contribution is 2.16. The Bertz CT molecular complexity index is 702. The molecule has 0 aliphatic heterocycles. The standard InChI is InChI=1S/C18H16BrNO2/c1-14-9-10-17(19)16(12-14)8-5-11-20-18(21)22-13-15-6-3-2-4-7-15/h2-4,6-7,9-10,12H,11,13H2,1H3,(H,20,21). The molecule has 0 radical (unpaired) electrons. The van der Waals surface area contributed by atoms with Crippen molar-refractivity contribution in [3.8, 4) is 11.8 Å². The SMILES string of the molecule is Cc1ccc(Br)c(C#CCNC(=O)OCc2ccccc2)c1. The van der Waals surface area contributed by atoms with Crippen LogP contribution >= 0.6 is 15.9 Å². The summed E-state index contributed by atoms with van der Waals surface area (Å²) in [4.78, 5) is 11.5. The number of aryl methyl sites for hydroxylation is 1. The Morgan fingerprint density at radius 1 is 1.23 bits per heavy atom. The maximum absolute atomic E-state index is 11.5. The fraction of sp³-hybridized carbons (Fsp3) is 0.167. The lowest BCUT2D eigenvalue weighted by Gasteiger charge is -2.04. The van der Waals surface area contributed by atoms with Gasteiger partial charge in [0.25, 0.3) is 0 Å². The van der Waals surface area contributed by atoms with Crippen molar-refractivity contribution in [1.82, 2.24) is 5.32 Å². The zero-order valence-corrected chi connectivity index (χ0v) is 13.8. The van der Waals surface area contributed by atoms with Gasteiger partial charge in [-0.25, -0.2) is 4.79 Å². The van der Waals surface area contributed by atoms with Gasteiger partial charge in [0.1, 0.15) is 6.61 Å². The van der Waals surface area contributed by atoms with Gasteiger partial charge in [-0.2, -0.15) is 0 Å². The largest absolute Gasteiger partial charge is 0.445 e. The van der Waals surface area contributed by atoms with E-state index in [9.17, 15) is 4.79 Å². The quantitative estimate of drug-likeness (QED) is 0.842. The van der Waals surface area contributed by atoms with Gasteiger partial charge in [0.05, 0.1) is 6.54 Å². The molecule has 0 spiro atoms. The lowest BCUT2D eigenvalue weighted by molar-refractivity contribution is 0.141. The predicted octanol–water partition coefficient (Wildman–Crippen LogP) is 4.04. The van der Waals surface area contributed by atoms with Crippen LogP contribution in [0.4, 0.5) is 4.79 Å². The van der Waals surface area contributed by atoms with Gasteiger partial charge in [0.15, 0.2) is 0 Å². The number of carbonyl (C=O) groups excluding carboxylic acids is 1. The molecule has 112 valence electrons. The normalized spacial score (nSPS) is 9.55. The van der Waals surface area contributed by atoms with Gasteiger partial charge in [-0.05, 0) is 46.1 Å². The summed E-state index contributed by atoms with van der Waals surface area (Å²) in [6.07, 6.45) is -0.471. The third-order valence-electron chi connectivity index (χ3n) is 2.88. The molecule has 0 aliphatic carbocycles. The number of nitrogens with one attached hydrogen (secondary N) is 1. The second kappa shape index (κ2) is 8.26. The van der Waals surface area contributed by atoms with Crippen LogP contribution in [0.3, 0.4) is 0 Å². The van der Waals surface area contributed by atoms with E-state index in [0.29, 0.717) is 0 Å². The maximum Gasteiger partial charge on any atom is 0.408 e. The molecule has 2 rings (SSSR count). The Labute approximate surface area is 138 Å². The minimum atomic E-state index is -0.471. The highest BCUT2D eigenvalue weighted by atomic mass is 79.9. The molecular weight excluding hydrogens is 342 g/mol. The molecule has 0 bridgehead atoms. The second-order valence-corrected chi connectivity index (χ2v) is 5.55. The number of ether oxygens (including phenoxy) is 1.